The molecule has 2 aromatic carbocycles. The highest BCUT2D eigenvalue weighted by Gasteiger charge is 2.22. The molecule has 0 aliphatic carbocycles. The zero-order valence-electron chi connectivity index (χ0n) is 12.0. The van der Waals surface area contributed by atoms with Crippen LogP contribution in [-0.2, 0) is 0 Å². The maximum absolute atomic E-state index is 2.45. The predicted molar refractivity (Wildman–Crippen MR) is 87.2 cm³/mol. The topological polar surface area (TPSA) is 6.48 Å². The van der Waals surface area contributed by atoms with E-state index < -0.39 is 0 Å². The normalized spacial score (nSPS) is 13.2. The third-order valence-corrected chi connectivity index (χ3v) is 4.91. The summed E-state index contributed by atoms with van der Waals surface area (Å²) in [4.78, 5) is 7.51. The van der Waals surface area contributed by atoms with Crippen molar-refractivity contribution in [2.45, 2.75) is 16.7 Å². The summed E-state index contributed by atoms with van der Waals surface area (Å²) in [5, 5.41) is 0. The quantitative estimate of drug-likeness (QED) is 0.829. The van der Waals surface area contributed by atoms with Crippen LogP contribution >= 0.6 is 11.8 Å². The molecule has 0 spiro atoms. The van der Waals surface area contributed by atoms with Crippen molar-refractivity contribution in [2.75, 3.05) is 31.6 Å². The van der Waals surface area contributed by atoms with Gasteiger partial charge in [0, 0.05) is 22.9 Å². The van der Waals surface area contributed by atoms with E-state index in [-0.39, 0.29) is 0 Å². The Kier molecular flexibility index (Phi) is 3.99. The van der Waals surface area contributed by atoms with Gasteiger partial charge in [0.2, 0.25) is 0 Å². The van der Waals surface area contributed by atoms with E-state index in [2.05, 4.69) is 72.3 Å². The Bertz CT molecular complexity index is 552. The summed E-state index contributed by atoms with van der Waals surface area (Å²) in [5.74, 6) is 0. The summed E-state index contributed by atoms with van der Waals surface area (Å²) in [6, 6.07) is 17.4. The Balaban J connectivity index is 1.95. The maximum Gasteiger partial charge on any atom is 0.0553 e. The number of anilines is 2. The van der Waals surface area contributed by atoms with Gasteiger partial charge in [0.25, 0.3) is 0 Å². The molecule has 1 aliphatic rings. The van der Waals surface area contributed by atoms with E-state index in [1.165, 1.54) is 21.2 Å². The number of rotatable bonds is 4. The maximum atomic E-state index is 2.45. The highest BCUT2D eigenvalue weighted by Crippen LogP contribution is 2.47. The lowest BCUT2D eigenvalue weighted by Crippen LogP contribution is -2.31. The SMILES string of the molecule is CCN(C)CCN1c2ccccc2Sc2ccccc21. The number of para-hydroxylation sites is 2. The number of nitrogens with zero attached hydrogens (tertiary/aromatic N) is 2. The van der Waals surface area contributed by atoms with Gasteiger partial charge in [0.1, 0.15) is 0 Å². The van der Waals surface area contributed by atoms with Crippen LogP contribution in [-0.4, -0.2) is 31.6 Å². The van der Waals surface area contributed by atoms with E-state index in [1.54, 1.807) is 0 Å². The van der Waals surface area contributed by atoms with E-state index in [1.807, 2.05) is 11.8 Å². The molecule has 0 bridgehead atoms. The van der Waals surface area contributed by atoms with Crippen molar-refractivity contribution in [2.24, 2.45) is 0 Å². The molecule has 0 atom stereocenters. The molecule has 2 nitrogen and oxygen atoms in total. The molecule has 1 heterocycles. The Labute approximate surface area is 125 Å². The van der Waals surface area contributed by atoms with Crippen molar-refractivity contribution in [3.8, 4) is 0 Å². The second kappa shape index (κ2) is 5.90. The predicted octanol–water partition coefficient (Wildman–Crippen LogP) is 4.24. The minimum absolute atomic E-state index is 1.03. The molecule has 2 aromatic rings. The fourth-order valence-electron chi connectivity index (χ4n) is 2.45. The second-order valence-electron chi connectivity index (χ2n) is 5.09. The first-order valence-electron chi connectivity index (χ1n) is 7.11. The van der Waals surface area contributed by atoms with Crippen LogP contribution in [0.15, 0.2) is 58.3 Å². The molecular weight excluding hydrogens is 264 g/mol. The van der Waals surface area contributed by atoms with E-state index in [0.717, 1.165) is 19.6 Å². The largest absolute Gasteiger partial charge is 0.338 e. The monoisotopic (exact) mass is 284 g/mol. The fraction of sp³-hybridized carbons (Fsp3) is 0.294. The Morgan fingerprint density at radius 2 is 1.50 bits per heavy atom. The second-order valence-corrected chi connectivity index (χ2v) is 6.17. The highest BCUT2D eigenvalue weighted by molar-refractivity contribution is 7.99. The lowest BCUT2D eigenvalue weighted by Gasteiger charge is -2.33. The number of likely N-dealkylation sites (N-methyl/N-ethyl adjacent to an activating group) is 1. The summed E-state index contributed by atoms with van der Waals surface area (Å²) in [7, 11) is 2.18. The first-order valence-corrected chi connectivity index (χ1v) is 7.93. The molecule has 0 fully saturated rings. The third kappa shape index (κ3) is 2.56. The standard InChI is InChI=1S/C17H20N2S/c1-3-18(2)12-13-19-14-8-4-6-10-16(14)20-17-11-7-5-9-15(17)19/h4-11H,3,12-13H2,1-2H3. The fourth-order valence-corrected chi connectivity index (χ4v) is 3.55. The van der Waals surface area contributed by atoms with Gasteiger partial charge in [-0.1, -0.05) is 43.0 Å². The van der Waals surface area contributed by atoms with E-state index >= 15 is 0 Å². The lowest BCUT2D eigenvalue weighted by molar-refractivity contribution is 0.362. The lowest BCUT2D eigenvalue weighted by atomic mass is 10.2. The van der Waals surface area contributed by atoms with Gasteiger partial charge in [-0.3, -0.25) is 0 Å². The van der Waals surface area contributed by atoms with Crippen molar-refractivity contribution in [3.05, 3.63) is 48.5 Å². The van der Waals surface area contributed by atoms with Crippen LogP contribution in [0, 0.1) is 0 Å². The Morgan fingerprint density at radius 1 is 0.950 bits per heavy atom. The summed E-state index contributed by atoms with van der Waals surface area (Å²) in [6.45, 7) is 5.39. The average Bonchev–Trinajstić information content (AvgIpc) is 2.51. The van der Waals surface area contributed by atoms with Gasteiger partial charge in [-0.2, -0.15) is 0 Å². The Hall–Kier alpha value is -1.45. The van der Waals surface area contributed by atoms with Gasteiger partial charge in [0.15, 0.2) is 0 Å². The molecule has 1 aliphatic heterocycles. The number of hydrogen-bond donors (Lipinski definition) is 0. The molecule has 20 heavy (non-hydrogen) atoms. The first-order chi connectivity index (χ1) is 9.79. The molecule has 0 saturated heterocycles. The minimum Gasteiger partial charge on any atom is -0.338 e. The molecule has 0 amide bonds. The van der Waals surface area contributed by atoms with Crippen LogP contribution in [0.25, 0.3) is 0 Å². The summed E-state index contributed by atoms with van der Waals surface area (Å²) >= 11 is 1.87. The van der Waals surface area contributed by atoms with Crippen LogP contribution < -0.4 is 4.90 Å². The van der Waals surface area contributed by atoms with Crippen molar-refractivity contribution in [1.82, 2.24) is 4.90 Å². The van der Waals surface area contributed by atoms with Crippen molar-refractivity contribution < 1.29 is 0 Å². The summed E-state index contributed by atoms with van der Waals surface area (Å²) in [5.41, 5.74) is 2.67. The molecule has 3 heteroatoms. The van der Waals surface area contributed by atoms with E-state index in [0.29, 0.717) is 0 Å². The Morgan fingerprint density at radius 3 is 2.05 bits per heavy atom. The third-order valence-electron chi connectivity index (χ3n) is 3.78. The molecular formula is C17H20N2S. The highest BCUT2D eigenvalue weighted by atomic mass is 32.2. The zero-order valence-corrected chi connectivity index (χ0v) is 12.9. The summed E-state index contributed by atoms with van der Waals surface area (Å²) < 4.78 is 0. The number of hydrogen-bond acceptors (Lipinski definition) is 3. The molecule has 104 valence electrons. The van der Waals surface area contributed by atoms with Crippen LogP contribution in [0.2, 0.25) is 0 Å². The number of benzene rings is 2. The van der Waals surface area contributed by atoms with Crippen molar-refractivity contribution in [1.29, 1.82) is 0 Å². The van der Waals surface area contributed by atoms with Gasteiger partial charge in [-0.25, -0.2) is 0 Å². The minimum atomic E-state index is 1.03. The molecule has 3 rings (SSSR count). The zero-order chi connectivity index (χ0) is 13.9. The first kappa shape index (κ1) is 13.5. The smallest absolute Gasteiger partial charge is 0.0553 e. The molecule has 0 N–H and O–H groups in total. The van der Waals surface area contributed by atoms with Gasteiger partial charge in [-0.05, 0) is 37.9 Å². The van der Waals surface area contributed by atoms with E-state index in [4.69, 9.17) is 0 Å². The molecule has 0 radical (unpaired) electrons. The van der Waals surface area contributed by atoms with Crippen molar-refractivity contribution >= 4 is 23.1 Å². The van der Waals surface area contributed by atoms with Gasteiger partial charge >= 0.3 is 0 Å². The number of fused-ring (bicyclic) bond motifs is 2. The van der Waals surface area contributed by atoms with Crippen molar-refractivity contribution in [3.63, 3.8) is 0 Å². The molecule has 0 saturated carbocycles. The van der Waals surface area contributed by atoms with Gasteiger partial charge < -0.3 is 9.80 Å². The molecule has 0 unspecified atom stereocenters. The van der Waals surface area contributed by atoms with Crippen LogP contribution in [0.3, 0.4) is 0 Å². The summed E-state index contributed by atoms with van der Waals surface area (Å²) in [6.07, 6.45) is 0. The van der Waals surface area contributed by atoms with Crippen LogP contribution in [0.5, 0.6) is 0 Å². The van der Waals surface area contributed by atoms with Crippen LogP contribution in [0.1, 0.15) is 6.92 Å². The molecule has 0 aromatic heterocycles. The van der Waals surface area contributed by atoms with E-state index in [9.17, 15) is 0 Å². The average molecular weight is 284 g/mol. The van der Waals surface area contributed by atoms with Crippen LogP contribution in [0.4, 0.5) is 11.4 Å². The van der Waals surface area contributed by atoms with Gasteiger partial charge in [-0.15, -0.1) is 0 Å². The van der Waals surface area contributed by atoms with Gasteiger partial charge in [0.05, 0.1) is 11.4 Å².